The molecule has 0 saturated heterocycles. The number of carbonyl (C=O) groups is 2. The zero-order chi connectivity index (χ0) is 15.6. The summed E-state index contributed by atoms with van der Waals surface area (Å²) in [5.74, 6) is -1.78. The first-order valence-electron chi connectivity index (χ1n) is 6.52. The van der Waals surface area contributed by atoms with Gasteiger partial charge in [-0.15, -0.1) is 0 Å². The molecule has 22 heavy (non-hydrogen) atoms. The Hall–Kier alpha value is -3.28. The molecule has 2 aromatic carbocycles. The number of rotatable bonds is 4. The Labute approximate surface area is 127 Å². The van der Waals surface area contributed by atoms with Crippen molar-refractivity contribution >= 4 is 24.2 Å². The first-order valence-corrected chi connectivity index (χ1v) is 6.52. The minimum atomic E-state index is -0.891. The summed E-state index contributed by atoms with van der Waals surface area (Å²) in [6.45, 7) is 0. The van der Waals surface area contributed by atoms with Gasteiger partial charge in [0.05, 0.1) is 12.4 Å². The molecule has 0 heterocycles. The third kappa shape index (κ3) is 5.01. The standard InChI is InChI=1S/C16H14N4O2/c21-15(19-17-11-13-7-3-1-4-8-13)16(22)20-18-12-14-9-5-2-6-10-14/h1-12H,(H,19,21)(H,20,22)/b17-11-,18-12+. The van der Waals surface area contributed by atoms with Crippen LogP contribution in [0.2, 0.25) is 0 Å². The van der Waals surface area contributed by atoms with Crippen LogP contribution in [-0.4, -0.2) is 24.2 Å². The molecular weight excluding hydrogens is 280 g/mol. The highest BCUT2D eigenvalue weighted by molar-refractivity contribution is 6.35. The molecule has 0 aliphatic heterocycles. The van der Waals surface area contributed by atoms with Crippen LogP contribution in [0.1, 0.15) is 11.1 Å². The van der Waals surface area contributed by atoms with Crippen molar-refractivity contribution in [1.82, 2.24) is 10.9 Å². The van der Waals surface area contributed by atoms with E-state index in [4.69, 9.17) is 0 Å². The number of nitrogens with zero attached hydrogens (tertiary/aromatic N) is 2. The Bertz CT molecular complexity index is 620. The van der Waals surface area contributed by atoms with Gasteiger partial charge in [0.25, 0.3) is 0 Å². The molecule has 0 atom stereocenters. The second-order valence-electron chi connectivity index (χ2n) is 4.22. The molecule has 6 nitrogen and oxygen atoms in total. The third-order valence-electron chi connectivity index (χ3n) is 2.56. The van der Waals surface area contributed by atoms with Gasteiger partial charge < -0.3 is 0 Å². The largest absolute Gasteiger partial charge is 0.331 e. The average molecular weight is 294 g/mol. The van der Waals surface area contributed by atoms with E-state index in [0.717, 1.165) is 11.1 Å². The van der Waals surface area contributed by atoms with Crippen molar-refractivity contribution < 1.29 is 9.59 Å². The molecule has 0 aromatic heterocycles. The monoisotopic (exact) mass is 294 g/mol. The van der Waals surface area contributed by atoms with Crippen LogP contribution in [-0.2, 0) is 9.59 Å². The van der Waals surface area contributed by atoms with E-state index in [9.17, 15) is 9.59 Å². The third-order valence-corrected chi connectivity index (χ3v) is 2.56. The predicted octanol–water partition coefficient (Wildman–Crippen LogP) is 1.29. The van der Waals surface area contributed by atoms with Gasteiger partial charge in [-0.2, -0.15) is 10.2 Å². The number of hydrogen-bond acceptors (Lipinski definition) is 4. The van der Waals surface area contributed by atoms with Gasteiger partial charge in [-0.25, -0.2) is 10.9 Å². The summed E-state index contributed by atoms with van der Waals surface area (Å²) in [4.78, 5) is 22.9. The van der Waals surface area contributed by atoms with Gasteiger partial charge in [0.15, 0.2) is 0 Å². The number of hydrazone groups is 2. The van der Waals surface area contributed by atoms with Crippen LogP contribution < -0.4 is 10.9 Å². The van der Waals surface area contributed by atoms with E-state index in [1.807, 2.05) is 60.7 Å². The van der Waals surface area contributed by atoms with Crippen molar-refractivity contribution in [3.05, 3.63) is 71.8 Å². The minimum Gasteiger partial charge on any atom is -0.262 e. The zero-order valence-electron chi connectivity index (χ0n) is 11.6. The van der Waals surface area contributed by atoms with E-state index >= 15 is 0 Å². The number of hydrogen-bond donors (Lipinski definition) is 2. The van der Waals surface area contributed by atoms with Crippen molar-refractivity contribution in [3.63, 3.8) is 0 Å². The number of nitrogens with one attached hydrogen (secondary N) is 2. The van der Waals surface area contributed by atoms with Crippen molar-refractivity contribution in [1.29, 1.82) is 0 Å². The molecule has 2 amide bonds. The van der Waals surface area contributed by atoms with Crippen molar-refractivity contribution in [2.75, 3.05) is 0 Å². The molecule has 0 bridgehead atoms. The van der Waals surface area contributed by atoms with Crippen molar-refractivity contribution in [2.24, 2.45) is 10.2 Å². The van der Waals surface area contributed by atoms with Crippen LogP contribution in [0.5, 0.6) is 0 Å². The molecule has 0 aliphatic carbocycles. The zero-order valence-corrected chi connectivity index (χ0v) is 11.6. The fourth-order valence-corrected chi connectivity index (χ4v) is 1.51. The molecule has 2 aromatic rings. The Morgan fingerprint density at radius 2 is 1.05 bits per heavy atom. The summed E-state index contributed by atoms with van der Waals surface area (Å²) in [5.41, 5.74) is 5.87. The fraction of sp³-hybridized carbons (Fsp3) is 0. The maximum atomic E-state index is 11.5. The highest BCUT2D eigenvalue weighted by Crippen LogP contribution is 1.94. The minimum absolute atomic E-state index is 0.810. The molecule has 0 fully saturated rings. The van der Waals surface area contributed by atoms with Gasteiger partial charge in [-0.3, -0.25) is 9.59 Å². The van der Waals surface area contributed by atoms with Crippen molar-refractivity contribution in [2.45, 2.75) is 0 Å². The fourth-order valence-electron chi connectivity index (χ4n) is 1.51. The smallest absolute Gasteiger partial charge is 0.262 e. The summed E-state index contributed by atoms with van der Waals surface area (Å²) in [7, 11) is 0. The lowest BCUT2D eigenvalue weighted by molar-refractivity contribution is -0.139. The van der Waals surface area contributed by atoms with Crippen LogP contribution in [0.15, 0.2) is 70.9 Å². The second-order valence-corrected chi connectivity index (χ2v) is 4.22. The molecule has 110 valence electrons. The van der Waals surface area contributed by atoms with Crippen LogP contribution in [0.4, 0.5) is 0 Å². The molecule has 2 N–H and O–H groups in total. The Balaban J connectivity index is 1.79. The molecule has 0 saturated carbocycles. The van der Waals surface area contributed by atoms with Crippen LogP contribution in [0.3, 0.4) is 0 Å². The summed E-state index contributed by atoms with van der Waals surface area (Å²) < 4.78 is 0. The Kier molecular flexibility index (Phi) is 5.57. The first kappa shape index (κ1) is 15.1. The van der Waals surface area contributed by atoms with Gasteiger partial charge in [0.1, 0.15) is 0 Å². The molecule has 0 spiro atoms. The molecule has 0 aliphatic rings. The highest BCUT2D eigenvalue weighted by atomic mass is 16.2. The number of carbonyl (C=O) groups excluding carboxylic acids is 2. The topological polar surface area (TPSA) is 82.9 Å². The summed E-state index contributed by atoms with van der Waals surface area (Å²) >= 11 is 0. The molecule has 0 unspecified atom stereocenters. The van der Waals surface area contributed by atoms with E-state index < -0.39 is 11.8 Å². The lowest BCUT2D eigenvalue weighted by Crippen LogP contribution is -2.35. The van der Waals surface area contributed by atoms with Crippen LogP contribution in [0, 0.1) is 0 Å². The lowest BCUT2D eigenvalue weighted by Gasteiger charge is -1.98. The molecular formula is C16H14N4O2. The maximum Gasteiger partial charge on any atom is 0.331 e. The lowest BCUT2D eigenvalue weighted by atomic mass is 10.2. The molecule has 2 rings (SSSR count). The van der Waals surface area contributed by atoms with E-state index in [1.54, 1.807) is 0 Å². The van der Waals surface area contributed by atoms with Gasteiger partial charge in [0.2, 0.25) is 0 Å². The van der Waals surface area contributed by atoms with Gasteiger partial charge >= 0.3 is 11.8 Å². The van der Waals surface area contributed by atoms with E-state index in [-0.39, 0.29) is 0 Å². The van der Waals surface area contributed by atoms with Gasteiger partial charge in [0, 0.05) is 0 Å². The van der Waals surface area contributed by atoms with Gasteiger partial charge in [-0.05, 0) is 11.1 Å². The quantitative estimate of drug-likeness (QED) is 0.506. The summed E-state index contributed by atoms with van der Waals surface area (Å²) in [5, 5.41) is 7.38. The molecule has 0 radical (unpaired) electrons. The SMILES string of the molecule is O=C(N/N=C\c1ccccc1)C(=O)N/N=C/c1ccccc1. The average Bonchev–Trinajstić information content (AvgIpc) is 2.56. The number of benzene rings is 2. The normalized spacial score (nSPS) is 10.7. The first-order chi connectivity index (χ1) is 10.8. The Morgan fingerprint density at radius 1 is 0.682 bits per heavy atom. The number of amides is 2. The van der Waals surface area contributed by atoms with E-state index in [2.05, 4.69) is 21.1 Å². The highest BCUT2D eigenvalue weighted by Gasteiger charge is 2.10. The Morgan fingerprint density at radius 3 is 1.41 bits per heavy atom. The van der Waals surface area contributed by atoms with Crippen LogP contribution >= 0.6 is 0 Å². The van der Waals surface area contributed by atoms with E-state index in [0.29, 0.717) is 0 Å². The maximum absolute atomic E-state index is 11.5. The molecule has 6 heteroatoms. The summed E-state index contributed by atoms with van der Waals surface area (Å²) in [6, 6.07) is 18.4. The summed E-state index contributed by atoms with van der Waals surface area (Å²) in [6.07, 6.45) is 2.89. The van der Waals surface area contributed by atoms with Crippen molar-refractivity contribution in [3.8, 4) is 0 Å². The van der Waals surface area contributed by atoms with Crippen LogP contribution in [0.25, 0.3) is 0 Å². The second kappa shape index (κ2) is 8.11. The predicted molar refractivity (Wildman–Crippen MR) is 84.4 cm³/mol. The van der Waals surface area contributed by atoms with E-state index in [1.165, 1.54) is 12.4 Å². The van der Waals surface area contributed by atoms with Gasteiger partial charge in [-0.1, -0.05) is 60.7 Å².